The van der Waals surface area contributed by atoms with Crippen LogP contribution in [-0.4, -0.2) is 44.7 Å². The molecule has 0 amide bonds. The molecular weight excluding hydrogens is 346 g/mol. The summed E-state index contributed by atoms with van der Waals surface area (Å²) in [6.45, 7) is 2.31. The lowest BCUT2D eigenvalue weighted by atomic mass is 9.71. The van der Waals surface area contributed by atoms with E-state index in [-0.39, 0.29) is 5.41 Å². The van der Waals surface area contributed by atoms with Gasteiger partial charge in [-0.05, 0) is 53.2 Å². The third kappa shape index (κ3) is 3.04. The number of nitrogens with one attached hydrogen (secondary N) is 1. The second-order valence-electron chi connectivity index (χ2n) is 8.32. The third-order valence-corrected chi connectivity index (χ3v) is 6.82. The number of fused-ring (bicyclic) bond motifs is 2. The minimum atomic E-state index is -0.372. The molecule has 2 bridgehead atoms. The summed E-state index contributed by atoms with van der Waals surface area (Å²) >= 11 is 0. The van der Waals surface area contributed by atoms with E-state index in [0.717, 1.165) is 30.7 Å². The van der Waals surface area contributed by atoms with Gasteiger partial charge in [0, 0.05) is 19.1 Å². The lowest BCUT2D eigenvalue weighted by molar-refractivity contribution is 0.229. The van der Waals surface area contributed by atoms with Crippen molar-refractivity contribution in [2.45, 2.75) is 43.6 Å². The van der Waals surface area contributed by atoms with E-state index in [4.69, 9.17) is 0 Å². The Morgan fingerprint density at radius 1 is 0.964 bits per heavy atom. The highest BCUT2D eigenvalue weighted by Crippen LogP contribution is 2.42. The summed E-state index contributed by atoms with van der Waals surface area (Å²) in [7, 11) is 0. The van der Waals surface area contributed by atoms with Crippen LogP contribution in [0.3, 0.4) is 0 Å². The molecule has 5 nitrogen and oxygen atoms in total. The number of hydrogen-bond acceptors (Lipinski definition) is 4. The Balaban J connectivity index is 1.56. The Labute approximate surface area is 166 Å². The molecule has 1 aliphatic heterocycles. The van der Waals surface area contributed by atoms with Crippen molar-refractivity contribution in [1.29, 1.82) is 0 Å². The van der Waals surface area contributed by atoms with Gasteiger partial charge in [-0.25, -0.2) is 5.10 Å². The molecule has 1 saturated heterocycles. The highest BCUT2D eigenvalue weighted by Gasteiger charge is 2.42. The first-order chi connectivity index (χ1) is 13.9. The number of tetrazole rings is 1. The zero-order valence-corrected chi connectivity index (χ0v) is 16.2. The van der Waals surface area contributed by atoms with Crippen LogP contribution in [0.15, 0.2) is 60.7 Å². The monoisotopic (exact) mass is 373 g/mol. The average molecular weight is 374 g/mol. The van der Waals surface area contributed by atoms with E-state index in [2.05, 4.69) is 86.2 Å². The smallest absolute Gasteiger partial charge is 0.163 e. The molecule has 144 valence electrons. The standard InChI is InChI=1S/C23H27N5/c1-3-9-19(10-4-1)23(22-24-26-27-25-22,20-11-5-2-6-12-20)14-15-28-17-18-8-7-13-21(28)16-18/h1-6,9-12,18,21H,7-8,13-17H2,(H,24,25,26,27). The predicted molar refractivity (Wildman–Crippen MR) is 109 cm³/mol. The summed E-state index contributed by atoms with van der Waals surface area (Å²) in [5.41, 5.74) is 2.10. The number of benzene rings is 2. The van der Waals surface area contributed by atoms with Gasteiger partial charge in [-0.1, -0.05) is 67.1 Å². The largest absolute Gasteiger partial charge is 0.300 e. The van der Waals surface area contributed by atoms with Gasteiger partial charge in [0.05, 0.1) is 5.41 Å². The van der Waals surface area contributed by atoms with Crippen molar-refractivity contribution in [2.24, 2.45) is 5.92 Å². The number of aromatic nitrogens is 4. The third-order valence-electron chi connectivity index (χ3n) is 6.82. The molecule has 3 aromatic rings. The number of aromatic amines is 1. The summed E-state index contributed by atoms with van der Waals surface area (Å²) in [6, 6.07) is 22.2. The van der Waals surface area contributed by atoms with Crippen molar-refractivity contribution < 1.29 is 0 Å². The summed E-state index contributed by atoms with van der Waals surface area (Å²) in [5.74, 6) is 1.72. The van der Waals surface area contributed by atoms with Gasteiger partial charge in [0.25, 0.3) is 0 Å². The predicted octanol–water partition coefficient (Wildman–Crippen LogP) is 3.80. The van der Waals surface area contributed by atoms with Crippen molar-refractivity contribution in [3.05, 3.63) is 77.6 Å². The van der Waals surface area contributed by atoms with Gasteiger partial charge in [-0.3, -0.25) is 0 Å². The molecule has 1 N–H and O–H groups in total. The zero-order valence-electron chi connectivity index (χ0n) is 16.2. The van der Waals surface area contributed by atoms with Crippen molar-refractivity contribution in [2.75, 3.05) is 13.1 Å². The van der Waals surface area contributed by atoms with Gasteiger partial charge >= 0.3 is 0 Å². The van der Waals surface area contributed by atoms with Crippen LogP contribution in [-0.2, 0) is 5.41 Å². The Bertz CT molecular complexity index is 838. The van der Waals surface area contributed by atoms with Crippen LogP contribution in [0.1, 0.15) is 49.1 Å². The Hall–Kier alpha value is -2.53. The van der Waals surface area contributed by atoms with Gasteiger partial charge in [-0.2, -0.15) is 0 Å². The molecule has 1 saturated carbocycles. The minimum Gasteiger partial charge on any atom is -0.300 e. The van der Waals surface area contributed by atoms with Gasteiger partial charge in [0.1, 0.15) is 0 Å². The van der Waals surface area contributed by atoms with E-state index in [1.54, 1.807) is 0 Å². The van der Waals surface area contributed by atoms with E-state index in [1.165, 1.54) is 43.4 Å². The van der Waals surface area contributed by atoms with Gasteiger partial charge in [-0.15, -0.1) is 5.10 Å². The van der Waals surface area contributed by atoms with Crippen LogP contribution in [0.4, 0.5) is 0 Å². The van der Waals surface area contributed by atoms with Gasteiger partial charge in [0.15, 0.2) is 5.82 Å². The van der Waals surface area contributed by atoms with E-state index < -0.39 is 0 Å². The van der Waals surface area contributed by atoms with Gasteiger partial charge < -0.3 is 4.90 Å². The number of rotatable bonds is 6. The fourth-order valence-electron chi connectivity index (χ4n) is 5.46. The molecule has 1 aromatic heterocycles. The molecule has 2 atom stereocenters. The Kier molecular flexibility index (Phi) is 4.69. The maximum Gasteiger partial charge on any atom is 0.163 e. The SMILES string of the molecule is c1ccc(C(CCN2CC3CCCC2C3)(c2ccccc2)c2nnn[nH]2)cc1. The van der Waals surface area contributed by atoms with Crippen molar-refractivity contribution in [3.8, 4) is 0 Å². The molecule has 2 unspecified atom stereocenters. The minimum absolute atomic E-state index is 0.372. The van der Waals surface area contributed by atoms with E-state index in [0.29, 0.717) is 0 Å². The second-order valence-corrected chi connectivity index (χ2v) is 8.32. The van der Waals surface area contributed by atoms with Crippen LogP contribution in [0.2, 0.25) is 0 Å². The molecule has 0 radical (unpaired) electrons. The van der Waals surface area contributed by atoms with E-state index in [9.17, 15) is 0 Å². The summed E-state index contributed by atoms with van der Waals surface area (Å²) in [5, 5.41) is 15.4. The molecule has 2 heterocycles. The molecule has 28 heavy (non-hydrogen) atoms. The van der Waals surface area contributed by atoms with Crippen molar-refractivity contribution >= 4 is 0 Å². The van der Waals surface area contributed by atoms with Crippen LogP contribution in [0.5, 0.6) is 0 Å². The average Bonchev–Trinajstić information content (AvgIpc) is 3.39. The van der Waals surface area contributed by atoms with E-state index >= 15 is 0 Å². The summed E-state index contributed by atoms with van der Waals surface area (Å²) in [6.07, 6.45) is 6.49. The van der Waals surface area contributed by atoms with Gasteiger partial charge in [0.2, 0.25) is 0 Å². The van der Waals surface area contributed by atoms with Crippen molar-refractivity contribution in [3.63, 3.8) is 0 Å². The first-order valence-electron chi connectivity index (χ1n) is 10.5. The fourth-order valence-corrected chi connectivity index (χ4v) is 5.46. The normalized spacial score (nSPS) is 22.4. The highest BCUT2D eigenvalue weighted by atomic mass is 15.5. The molecule has 5 heteroatoms. The highest BCUT2D eigenvalue weighted by molar-refractivity contribution is 5.45. The van der Waals surface area contributed by atoms with Crippen LogP contribution in [0.25, 0.3) is 0 Å². The van der Waals surface area contributed by atoms with Crippen LogP contribution >= 0.6 is 0 Å². The second kappa shape index (κ2) is 7.47. The van der Waals surface area contributed by atoms with Crippen LogP contribution < -0.4 is 0 Å². The van der Waals surface area contributed by atoms with Crippen molar-refractivity contribution in [1.82, 2.24) is 25.5 Å². The molecular formula is C23H27N5. The quantitative estimate of drug-likeness (QED) is 0.714. The molecule has 5 rings (SSSR count). The zero-order chi connectivity index (χ0) is 18.8. The first-order valence-corrected chi connectivity index (χ1v) is 10.5. The number of H-pyrrole nitrogens is 1. The van der Waals surface area contributed by atoms with E-state index in [1.807, 2.05) is 0 Å². The topological polar surface area (TPSA) is 57.7 Å². The lowest BCUT2D eigenvalue weighted by Gasteiger charge is -2.35. The molecule has 2 aromatic carbocycles. The Morgan fingerprint density at radius 2 is 1.68 bits per heavy atom. The molecule has 1 aliphatic carbocycles. The lowest BCUT2D eigenvalue weighted by Crippen LogP contribution is -2.38. The number of hydrogen-bond donors (Lipinski definition) is 1. The molecule has 2 fully saturated rings. The number of likely N-dealkylation sites (tertiary alicyclic amines) is 1. The fraction of sp³-hybridized carbons (Fsp3) is 0.435. The Morgan fingerprint density at radius 3 is 2.29 bits per heavy atom. The number of nitrogens with zero attached hydrogens (tertiary/aromatic N) is 4. The maximum atomic E-state index is 4.42. The maximum absolute atomic E-state index is 4.42. The summed E-state index contributed by atoms with van der Waals surface area (Å²) < 4.78 is 0. The van der Waals surface area contributed by atoms with Crippen LogP contribution in [0, 0.1) is 5.92 Å². The summed E-state index contributed by atoms with van der Waals surface area (Å²) in [4.78, 5) is 2.72. The molecule has 0 spiro atoms. The first kappa shape index (κ1) is 17.6. The molecule has 2 aliphatic rings.